The summed E-state index contributed by atoms with van der Waals surface area (Å²) < 4.78 is 9.35. The molecule has 0 aliphatic carbocycles. The maximum absolute atomic E-state index is 6.52. The van der Waals surface area contributed by atoms with E-state index in [9.17, 15) is 0 Å². The van der Waals surface area contributed by atoms with E-state index in [4.69, 9.17) is 23.2 Å². The van der Waals surface area contributed by atoms with E-state index < -0.39 is 0 Å². The van der Waals surface area contributed by atoms with Crippen LogP contribution in [0.25, 0.3) is 67.9 Å². The van der Waals surface area contributed by atoms with Crippen LogP contribution in [0.3, 0.4) is 0 Å². The van der Waals surface area contributed by atoms with Crippen LogP contribution in [0.1, 0.15) is 22.8 Å². The Balaban J connectivity index is 1.01. The van der Waals surface area contributed by atoms with Gasteiger partial charge < -0.3 is 9.80 Å². The van der Waals surface area contributed by atoms with Crippen molar-refractivity contribution in [3.63, 3.8) is 0 Å². The van der Waals surface area contributed by atoms with Crippen molar-refractivity contribution >= 4 is 124 Å². The smallest absolute Gasteiger partial charge is 0.282 e. The van der Waals surface area contributed by atoms with Crippen molar-refractivity contribution in [2.45, 2.75) is 13.1 Å². The summed E-state index contributed by atoms with van der Waals surface area (Å²) in [7, 11) is 16.5. The number of hydrogen-bond donors (Lipinski definition) is 0. The second-order valence-corrected chi connectivity index (χ2v) is 18.5. The third-order valence-corrected chi connectivity index (χ3v) is 13.8. The van der Waals surface area contributed by atoms with Crippen LogP contribution in [-0.2, 0) is 27.2 Å². The lowest BCUT2D eigenvalue weighted by atomic mass is 10.0. The number of nitrogens with zero attached hydrogens (tertiary/aromatic N) is 6. The van der Waals surface area contributed by atoms with Crippen LogP contribution in [-0.4, -0.2) is 48.8 Å². The van der Waals surface area contributed by atoms with Gasteiger partial charge in [0, 0.05) is 96.2 Å². The molecule has 6 aromatic carbocycles. The second kappa shape index (κ2) is 17.2. The Labute approximate surface area is 359 Å². The predicted octanol–water partition coefficient (Wildman–Crippen LogP) is 11.4. The van der Waals surface area contributed by atoms with Gasteiger partial charge in [0.05, 0.1) is 14.1 Å². The molecule has 8 rings (SSSR count). The van der Waals surface area contributed by atoms with Gasteiger partial charge in [-0.3, -0.25) is 0 Å². The number of rotatable bonds is 13. The summed E-state index contributed by atoms with van der Waals surface area (Å²) in [4.78, 5) is 4.35. The molecule has 0 radical (unpaired) electrons. The minimum absolute atomic E-state index is 0.740. The number of fused-ring (bicyclic) bond motifs is 4. The summed E-state index contributed by atoms with van der Waals surface area (Å²) in [6.07, 6.45) is 9.00. The van der Waals surface area contributed by atoms with E-state index in [-0.39, 0.29) is 0 Å². The first-order valence-corrected chi connectivity index (χ1v) is 22.7. The standard InChI is InChI=1S/C48H48Cl2N6S2/c1-51(2)41-21-15-33(37-11-7-9-13-39(37)41)17-25-47-53(5)45-31-35(49)19-23-43(45)55(47)27-29-57-58-30-28-56-44-24-20-36(50)32-46(44)54(6)48(56)26-18-34-16-22-42(52(3)4)40-14-10-8-12-38(34)40/h7-26,31-32H,27-30H2,1-6H3/q+2. The molecule has 0 unspecified atom stereocenters. The zero-order valence-corrected chi connectivity index (χ0v) is 36.9. The van der Waals surface area contributed by atoms with Gasteiger partial charge in [-0.1, -0.05) is 105 Å². The number of benzene rings is 6. The van der Waals surface area contributed by atoms with E-state index in [0.717, 1.165) is 57.3 Å². The van der Waals surface area contributed by atoms with E-state index in [2.05, 4.69) is 192 Å². The van der Waals surface area contributed by atoms with E-state index >= 15 is 0 Å². The lowest BCUT2D eigenvalue weighted by Gasteiger charge is -2.16. The Morgan fingerprint density at radius 1 is 0.517 bits per heavy atom. The van der Waals surface area contributed by atoms with Crippen molar-refractivity contribution in [1.82, 2.24) is 9.13 Å². The normalized spacial score (nSPS) is 12.1. The molecule has 0 aliphatic heterocycles. The average molecular weight is 844 g/mol. The van der Waals surface area contributed by atoms with Crippen LogP contribution in [0.4, 0.5) is 11.4 Å². The Hall–Kier alpha value is -4.86. The molecule has 0 N–H and O–H groups in total. The molecule has 0 saturated carbocycles. The van der Waals surface area contributed by atoms with Crippen molar-refractivity contribution in [3.8, 4) is 0 Å². The highest BCUT2D eigenvalue weighted by molar-refractivity contribution is 8.76. The second-order valence-electron chi connectivity index (χ2n) is 14.9. The molecule has 58 heavy (non-hydrogen) atoms. The largest absolute Gasteiger partial charge is 0.377 e. The van der Waals surface area contributed by atoms with Crippen LogP contribution in [0.15, 0.2) is 109 Å². The zero-order chi connectivity index (χ0) is 40.5. The lowest BCUT2D eigenvalue weighted by molar-refractivity contribution is -0.669. The average Bonchev–Trinajstić information content (AvgIpc) is 3.63. The minimum atomic E-state index is 0.740. The highest BCUT2D eigenvalue weighted by Crippen LogP contribution is 2.32. The Morgan fingerprint density at radius 3 is 1.31 bits per heavy atom. The summed E-state index contributed by atoms with van der Waals surface area (Å²) in [6, 6.07) is 38.6. The van der Waals surface area contributed by atoms with Gasteiger partial charge in [0.1, 0.15) is 13.1 Å². The molecule has 6 nitrogen and oxygen atoms in total. The van der Waals surface area contributed by atoms with Gasteiger partial charge in [0.2, 0.25) is 0 Å². The molecule has 0 aliphatic rings. The number of aryl methyl sites for hydroxylation is 4. The van der Waals surface area contributed by atoms with Gasteiger partial charge in [-0.25, -0.2) is 18.3 Å². The van der Waals surface area contributed by atoms with Gasteiger partial charge in [-0.05, 0) is 70.4 Å². The van der Waals surface area contributed by atoms with E-state index in [1.54, 1.807) is 0 Å². The molecular weight excluding hydrogens is 796 g/mol. The van der Waals surface area contributed by atoms with Crippen molar-refractivity contribution in [1.29, 1.82) is 0 Å². The monoisotopic (exact) mass is 842 g/mol. The topological polar surface area (TPSA) is 24.1 Å². The Morgan fingerprint density at radius 2 is 0.914 bits per heavy atom. The summed E-state index contributed by atoms with van der Waals surface area (Å²) in [6.45, 7) is 1.73. The van der Waals surface area contributed by atoms with Gasteiger partial charge in [-0.15, -0.1) is 0 Å². The highest BCUT2D eigenvalue weighted by atomic mass is 35.5. The Bertz CT molecular complexity index is 2680. The fourth-order valence-electron chi connectivity index (χ4n) is 8.10. The predicted molar refractivity (Wildman–Crippen MR) is 256 cm³/mol. The third-order valence-electron chi connectivity index (χ3n) is 11.0. The zero-order valence-electron chi connectivity index (χ0n) is 33.8. The van der Waals surface area contributed by atoms with Crippen LogP contribution < -0.4 is 18.9 Å². The van der Waals surface area contributed by atoms with E-state index in [1.807, 2.05) is 33.7 Å². The van der Waals surface area contributed by atoms with Crippen LogP contribution in [0.2, 0.25) is 10.0 Å². The van der Waals surface area contributed by atoms with Crippen molar-refractivity contribution < 1.29 is 9.13 Å². The summed E-state index contributed by atoms with van der Waals surface area (Å²) >= 11 is 13.0. The van der Waals surface area contributed by atoms with Gasteiger partial charge in [0.25, 0.3) is 11.6 Å². The number of halogens is 2. The first-order valence-electron chi connectivity index (χ1n) is 19.4. The quantitative estimate of drug-likeness (QED) is 0.0656. The molecular formula is C48H48Cl2N6S2+2. The molecule has 294 valence electrons. The van der Waals surface area contributed by atoms with Gasteiger partial charge >= 0.3 is 0 Å². The molecule has 8 aromatic rings. The van der Waals surface area contributed by atoms with Crippen LogP contribution in [0, 0.1) is 0 Å². The molecule has 0 saturated heterocycles. The third kappa shape index (κ3) is 7.83. The van der Waals surface area contributed by atoms with Gasteiger partial charge in [0.15, 0.2) is 22.1 Å². The molecule has 0 spiro atoms. The van der Waals surface area contributed by atoms with E-state index in [1.165, 1.54) is 55.1 Å². The minimum Gasteiger partial charge on any atom is -0.377 e. The molecule has 0 amide bonds. The maximum atomic E-state index is 6.52. The fraction of sp³-hybridized carbons (Fsp3) is 0.208. The van der Waals surface area contributed by atoms with Gasteiger partial charge in [-0.2, -0.15) is 0 Å². The van der Waals surface area contributed by atoms with Crippen LogP contribution in [0.5, 0.6) is 0 Å². The molecule has 2 heterocycles. The molecule has 0 fully saturated rings. The first kappa shape index (κ1) is 39.9. The fourth-order valence-corrected chi connectivity index (χ4v) is 10.3. The summed E-state index contributed by atoms with van der Waals surface area (Å²) in [5, 5.41) is 6.45. The summed E-state index contributed by atoms with van der Waals surface area (Å²) in [5.74, 6) is 4.18. The van der Waals surface area contributed by atoms with Crippen molar-refractivity contribution in [2.24, 2.45) is 14.1 Å². The number of anilines is 2. The number of aromatic nitrogens is 4. The maximum Gasteiger partial charge on any atom is 0.282 e. The molecule has 2 aromatic heterocycles. The SMILES string of the molecule is CN(C)c1ccc(C=Cc2n(C)c3cc(Cl)ccc3[n+]2CCSSCC[n+]2c(C=Cc3ccc(N(C)C)c4ccccc34)n(C)c3cc(Cl)ccc32)c2ccccc12. The van der Waals surface area contributed by atoms with Crippen molar-refractivity contribution in [2.75, 3.05) is 49.5 Å². The van der Waals surface area contributed by atoms with Crippen LogP contribution >= 0.6 is 44.8 Å². The lowest BCUT2D eigenvalue weighted by Crippen LogP contribution is -2.38. The highest BCUT2D eigenvalue weighted by Gasteiger charge is 2.23. The number of imidazole rings is 2. The van der Waals surface area contributed by atoms with Crippen molar-refractivity contribution in [3.05, 3.63) is 142 Å². The molecule has 0 atom stereocenters. The Kier molecular flexibility index (Phi) is 11.8. The first-order chi connectivity index (χ1) is 28.1. The molecule has 0 bridgehead atoms. The number of hydrogen-bond acceptors (Lipinski definition) is 4. The summed E-state index contributed by atoms with van der Waals surface area (Å²) in [5.41, 5.74) is 9.41. The molecule has 10 heteroatoms. The van der Waals surface area contributed by atoms with E-state index in [0.29, 0.717) is 0 Å².